The van der Waals surface area contributed by atoms with E-state index in [9.17, 15) is 9.59 Å². The SMILES string of the molecule is O=C(CCC(=O)N(c1ccccc1)c1ccccc1)N1CCc2ccccc2C1. The lowest BCUT2D eigenvalue weighted by Gasteiger charge is -2.29. The van der Waals surface area contributed by atoms with Crippen molar-refractivity contribution >= 4 is 23.2 Å². The molecule has 146 valence electrons. The molecule has 0 saturated heterocycles. The fourth-order valence-corrected chi connectivity index (χ4v) is 3.78. The van der Waals surface area contributed by atoms with E-state index >= 15 is 0 Å². The maximum atomic E-state index is 13.1. The standard InChI is InChI=1S/C25H24N2O2/c28-24(26-18-17-20-9-7-8-10-21(20)19-26)15-16-25(29)27(22-11-3-1-4-12-22)23-13-5-2-6-14-23/h1-14H,15-19H2. The van der Waals surface area contributed by atoms with Crippen LogP contribution in [0.25, 0.3) is 0 Å². The summed E-state index contributed by atoms with van der Waals surface area (Å²) in [5.74, 6) is -0.0397. The number of para-hydroxylation sites is 2. The molecule has 3 aromatic rings. The topological polar surface area (TPSA) is 40.6 Å². The summed E-state index contributed by atoms with van der Waals surface area (Å²) >= 11 is 0. The number of carbonyl (C=O) groups is 2. The van der Waals surface area contributed by atoms with Crippen molar-refractivity contribution in [3.8, 4) is 0 Å². The lowest BCUT2D eigenvalue weighted by molar-refractivity contribution is -0.133. The molecule has 0 fully saturated rings. The van der Waals surface area contributed by atoms with Crippen molar-refractivity contribution in [1.29, 1.82) is 0 Å². The van der Waals surface area contributed by atoms with Gasteiger partial charge in [0.05, 0.1) is 0 Å². The van der Waals surface area contributed by atoms with E-state index in [2.05, 4.69) is 12.1 Å². The quantitative estimate of drug-likeness (QED) is 0.639. The van der Waals surface area contributed by atoms with Gasteiger partial charge < -0.3 is 4.90 Å². The minimum absolute atomic E-state index is 0.0360. The molecule has 0 aliphatic carbocycles. The number of hydrogen-bond donors (Lipinski definition) is 0. The number of benzene rings is 3. The summed E-state index contributed by atoms with van der Waals surface area (Å²) in [6.45, 7) is 1.34. The Labute approximate surface area is 171 Å². The fraction of sp³-hybridized carbons (Fsp3) is 0.200. The Bertz CT molecular complexity index is 946. The third kappa shape index (κ3) is 4.37. The highest BCUT2D eigenvalue weighted by atomic mass is 16.2. The van der Waals surface area contributed by atoms with Gasteiger partial charge in [-0.25, -0.2) is 0 Å². The van der Waals surface area contributed by atoms with Gasteiger partial charge >= 0.3 is 0 Å². The predicted octanol–water partition coefficient (Wildman–Crippen LogP) is 4.72. The molecule has 3 aromatic carbocycles. The molecule has 4 heteroatoms. The Morgan fingerprint density at radius 3 is 1.90 bits per heavy atom. The van der Waals surface area contributed by atoms with Crippen molar-refractivity contribution in [2.24, 2.45) is 0 Å². The molecule has 1 aliphatic heterocycles. The zero-order valence-corrected chi connectivity index (χ0v) is 16.3. The molecular weight excluding hydrogens is 360 g/mol. The first kappa shape index (κ1) is 18.9. The van der Waals surface area contributed by atoms with E-state index in [0.29, 0.717) is 13.1 Å². The first-order valence-corrected chi connectivity index (χ1v) is 10.00. The number of rotatable bonds is 5. The summed E-state index contributed by atoms with van der Waals surface area (Å²) < 4.78 is 0. The van der Waals surface area contributed by atoms with E-state index in [1.807, 2.05) is 77.7 Å². The maximum absolute atomic E-state index is 13.1. The summed E-state index contributed by atoms with van der Waals surface area (Å²) in [6.07, 6.45) is 1.27. The van der Waals surface area contributed by atoms with Crippen LogP contribution in [0.5, 0.6) is 0 Å². The second kappa shape index (κ2) is 8.74. The molecule has 4 nitrogen and oxygen atoms in total. The van der Waals surface area contributed by atoms with Crippen molar-refractivity contribution in [3.63, 3.8) is 0 Å². The van der Waals surface area contributed by atoms with Gasteiger partial charge in [0.1, 0.15) is 0 Å². The van der Waals surface area contributed by atoms with E-state index in [0.717, 1.165) is 17.8 Å². The van der Waals surface area contributed by atoms with E-state index in [1.165, 1.54) is 11.1 Å². The molecule has 1 heterocycles. The van der Waals surface area contributed by atoms with Crippen molar-refractivity contribution in [2.45, 2.75) is 25.8 Å². The second-order valence-corrected chi connectivity index (χ2v) is 7.23. The van der Waals surface area contributed by atoms with Crippen LogP contribution in [0, 0.1) is 0 Å². The Kier molecular flexibility index (Phi) is 5.71. The highest BCUT2D eigenvalue weighted by molar-refractivity contribution is 6.01. The Balaban J connectivity index is 1.44. The molecule has 2 amide bonds. The average molecular weight is 384 g/mol. The minimum Gasteiger partial charge on any atom is -0.338 e. The van der Waals surface area contributed by atoms with E-state index in [-0.39, 0.29) is 24.7 Å². The number of anilines is 2. The molecule has 0 radical (unpaired) electrons. The van der Waals surface area contributed by atoms with E-state index < -0.39 is 0 Å². The molecule has 1 aliphatic rings. The number of hydrogen-bond acceptors (Lipinski definition) is 2. The molecule has 0 unspecified atom stereocenters. The summed E-state index contributed by atoms with van der Waals surface area (Å²) in [5.41, 5.74) is 4.13. The molecule has 0 aromatic heterocycles. The van der Waals surface area contributed by atoms with Crippen LogP contribution in [0.4, 0.5) is 11.4 Å². The van der Waals surface area contributed by atoms with Gasteiger partial charge in [-0.3, -0.25) is 14.5 Å². The van der Waals surface area contributed by atoms with E-state index in [4.69, 9.17) is 0 Å². The first-order valence-electron chi connectivity index (χ1n) is 10.00. The summed E-state index contributed by atoms with van der Waals surface area (Å²) in [5, 5.41) is 0. The zero-order valence-electron chi connectivity index (χ0n) is 16.3. The Morgan fingerprint density at radius 1 is 0.724 bits per heavy atom. The molecular formula is C25H24N2O2. The Morgan fingerprint density at radius 2 is 1.28 bits per heavy atom. The van der Waals surface area contributed by atoms with Gasteiger partial charge in [-0.15, -0.1) is 0 Å². The monoisotopic (exact) mass is 384 g/mol. The summed E-state index contributed by atoms with van der Waals surface area (Å²) in [6, 6.07) is 27.4. The van der Waals surface area contributed by atoms with Gasteiger partial charge in [-0.2, -0.15) is 0 Å². The van der Waals surface area contributed by atoms with Gasteiger partial charge in [0.25, 0.3) is 0 Å². The second-order valence-electron chi connectivity index (χ2n) is 7.23. The smallest absolute Gasteiger partial charge is 0.232 e. The van der Waals surface area contributed by atoms with Gasteiger partial charge in [-0.1, -0.05) is 60.7 Å². The normalized spacial score (nSPS) is 12.9. The highest BCUT2D eigenvalue weighted by Crippen LogP contribution is 2.26. The molecule has 29 heavy (non-hydrogen) atoms. The van der Waals surface area contributed by atoms with Crippen LogP contribution in [0.2, 0.25) is 0 Å². The number of fused-ring (bicyclic) bond motifs is 1. The maximum Gasteiger partial charge on any atom is 0.232 e. The van der Waals surface area contributed by atoms with Crippen molar-refractivity contribution in [1.82, 2.24) is 4.90 Å². The van der Waals surface area contributed by atoms with Crippen LogP contribution in [0.3, 0.4) is 0 Å². The van der Waals surface area contributed by atoms with Gasteiger partial charge in [0.2, 0.25) is 11.8 Å². The van der Waals surface area contributed by atoms with E-state index in [1.54, 1.807) is 4.90 Å². The van der Waals surface area contributed by atoms with Gasteiger partial charge in [-0.05, 0) is 41.8 Å². The lowest BCUT2D eigenvalue weighted by Crippen LogP contribution is -2.36. The number of carbonyl (C=O) groups excluding carboxylic acids is 2. The van der Waals surface area contributed by atoms with Crippen LogP contribution < -0.4 is 4.90 Å². The third-order valence-corrected chi connectivity index (χ3v) is 5.31. The summed E-state index contributed by atoms with van der Waals surface area (Å²) in [4.78, 5) is 29.4. The largest absolute Gasteiger partial charge is 0.338 e. The first-order chi connectivity index (χ1) is 14.2. The van der Waals surface area contributed by atoms with Gasteiger partial charge in [0.15, 0.2) is 0 Å². The fourth-order valence-electron chi connectivity index (χ4n) is 3.78. The zero-order chi connectivity index (χ0) is 20.1. The van der Waals surface area contributed by atoms with Crippen molar-refractivity contribution in [2.75, 3.05) is 11.4 Å². The highest BCUT2D eigenvalue weighted by Gasteiger charge is 2.23. The molecule has 0 N–H and O–H groups in total. The minimum atomic E-state index is -0.0758. The molecule has 0 atom stereocenters. The van der Waals surface area contributed by atoms with Crippen LogP contribution in [0.15, 0.2) is 84.9 Å². The molecule has 0 bridgehead atoms. The lowest BCUT2D eigenvalue weighted by atomic mass is 9.99. The summed E-state index contributed by atoms with van der Waals surface area (Å²) in [7, 11) is 0. The van der Waals surface area contributed by atoms with Crippen molar-refractivity contribution in [3.05, 3.63) is 96.1 Å². The third-order valence-electron chi connectivity index (χ3n) is 5.31. The van der Waals surface area contributed by atoms with Crippen LogP contribution in [-0.2, 0) is 22.6 Å². The van der Waals surface area contributed by atoms with Crippen LogP contribution >= 0.6 is 0 Å². The number of amides is 2. The Hall–Kier alpha value is -3.40. The van der Waals surface area contributed by atoms with Crippen LogP contribution in [-0.4, -0.2) is 23.3 Å². The molecule has 0 spiro atoms. The van der Waals surface area contributed by atoms with Crippen LogP contribution in [0.1, 0.15) is 24.0 Å². The predicted molar refractivity (Wildman–Crippen MR) is 115 cm³/mol. The molecule has 4 rings (SSSR count). The average Bonchev–Trinajstić information content (AvgIpc) is 2.79. The van der Waals surface area contributed by atoms with Gasteiger partial charge in [0, 0.05) is 37.3 Å². The molecule has 0 saturated carbocycles. The number of nitrogens with zero attached hydrogens (tertiary/aromatic N) is 2. The van der Waals surface area contributed by atoms with Crippen molar-refractivity contribution < 1.29 is 9.59 Å².